The van der Waals surface area contributed by atoms with Crippen molar-refractivity contribution in [3.8, 4) is 11.5 Å². The first-order valence-electron chi connectivity index (χ1n) is 10.7. The van der Waals surface area contributed by atoms with E-state index in [1.165, 1.54) is 24.3 Å². The number of benzene rings is 2. The lowest BCUT2D eigenvalue weighted by atomic mass is 10.1. The summed E-state index contributed by atoms with van der Waals surface area (Å²) < 4.78 is 36.6. The third-order valence-corrected chi connectivity index (χ3v) is 9.13. The molecule has 0 radical (unpaired) electrons. The van der Waals surface area contributed by atoms with Crippen LogP contribution in [0.1, 0.15) is 24.1 Å². The Morgan fingerprint density at radius 1 is 1.09 bits per heavy atom. The molecule has 0 bridgehead atoms. The van der Waals surface area contributed by atoms with E-state index in [0.29, 0.717) is 43.9 Å². The lowest BCUT2D eigenvalue weighted by Crippen LogP contribution is -2.39. The molecule has 4 rings (SSSR count). The second kappa shape index (κ2) is 9.98. The van der Waals surface area contributed by atoms with E-state index >= 15 is 0 Å². The fourth-order valence-corrected chi connectivity index (χ4v) is 6.64. The van der Waals surface area contributed by atoms with Gasteiger partial charge in [0.2, 0.25) is 0 Å². The zero-order chi connectivity index (χ0) is 24.3. The molecule has 1 fully saturated rings. The molecule has 180 valence electrons. The van der Waals surface area contributed by atoms with Gasteiger partial charge in [0, 0.05) is 37.0 Å². The molecule has 0 N–H and O–H groups in total. The van der Waals surface area contributed by atoms with Gasteiger partial charge < -0.3 is 14.4 Å². The number of nitro benzene ring substituents is 1. The highest BCUT2D eigenvalue weighted by Crippen LogP contribution is 2.32. The molecule has 1 aliphatic heterocycles. The van der Waals surface area contributed by atoms with Gasteiger partial charge in [-0.05, 0) is 42.7 Å². The SMILES string of the molecule is COc1ccc(Cc2csc(N3CCC(S(=O)(=O)c4ccc([N+](=O)[O-])cc4)CC3)n2)cc1OC. The number of aromatic nitrogens is 1. The summed E-state index contributed by atoms with van der Waals surface area (Å²) in [6.07, 6.45) is 1.61. The summed E-state index contributed by atoms with van der Waals surface area (Å²) >= 11 is 1.55. The Hall–Kier alpha value is -3.18. The van der Waals surface area contributed by atoms with Gasteiger partial charge in [-0.15, -0.1) is 11.3 Å². The van der Waals surface area contributed by atoms with Gasteiger partial charge in [-0.25, -0.2) is 13.4 Å². The second-order valence-corrected chi connectivity index (χ2v) is 11.0. The van der Waals surface area contributed by atoms with Crippen molar-refractivity contribution in [3.05, 3.63) is 69.2 Å². The Kier molecular flexibility index (Phi) is 7.03. The molecule has 0 amide bonds. The van der Waals surface area contributed by atoms with E-state index in [2.05, 4.69) is 4.90 Å². The van der Waals surface area contributed by atoms with Gasteiger partial charge in [0.25, 0.3) is 5.69 Å². The van der Waals surface area contributed by atoms with Crippen molar-refractivity contribution in [3.63, 3.8) is 0 Å². The van der Waals surface area contributed by atoms with Gasteiger partial charge >= 0.3 is 0 Å². The van der Waals surface area contributed by atoms with E-state index in [-0.39, 0.29) is 10.6 Å². The molecule has 0 unspecified atom stereocenters. The Bertz CT molecular complexity index is 1270. The van der Waals surface area contributed by atoms with E-state index in [1.54, 1.807) is 25.6 Å². The maximum absolute atomic E-state index is 13.0. The Balaban J connectivity index is 1.39. The average molecular weight is 504 g/mol. The minimum Gasteiger partial charge on any atom is -0.493 e. The van der Waals surface area contributed by atoms with E-state index in [4.69, 9.17) is 14.5 Å². The molecule has 0 atom stereocenters. The second-order valence-electron chi connectivity index (χ2n) is 7.97. The summed E-state index contributed by atoms with van der Waals surface area (Å²) in [4.78, 5) is 17.3. The smallest absolute Gasteiger partial charge is 0.269 e. The van der Waals surface area contributed by atoms with Crippen LogP contribution in [0.5, 0.6) is 11.5 Å². The standard InChI is InChI=1S/C23H25N3O6S2/c1-31-21-8-3-16(14-22(21)32-2)13-17-15-33-23(24-17)25-11-9-20(10-12-25)34(29,30)19-6-4-18(5-7-19)26(27)28/h3-8,14-15,20H,9-13H2,1-2H3. The maximum atomic E-state index is 13.0. The number of sulfone groups is 1. The molecular formula is C23H25N3O6S2. The molecule has 2 heterocycles. The van der Waals surface area contributed by atoms with Gasteiger partial charge in [0.1, 0.15) is 0 Å². The highest BCUT2D eigenvalue weighted by Gasteiger charge is 2.32. The number of rotatable bonds is 8. The Labute approximate surface area is 202 Å². The molecule has 9 nitrogen and oxygen atoms in total. The number of non-ortho nitro benzene ring substituents is 1. The number of nitrogens with zero attached hydrogens (tertiary/aromatic N) is 3. The molecule has 2 aromatic carbocycles. The molecule has 1 aromatic heterocycles. The Morgan fingerprint density at radius 2 is 1.76 bits per heavy atom. The third-order valence-electron chi connectivity index (χ3n) is 5.90. The predicted octanol–water partition coefficient (Wildman–Crippen LogP) is 4.10. The number of piperidine rings is 1. The van der Waals surface area contributed by atoms with Crippen molar-refractivity contribution in [2.24, 2.45) is 0 Å². The van der Waals surface area contributed by atoms with Crippen LogP contribution in [0.25, 0.3) is 0 Å². The van der Waals surface area contributed by atoms with Crippen molar-refractivity contribution in [1.29, 1.82) is 0 Å². The van der Waals surface area contributed by atoms with E-state index in [0.717, 1.165) is 16.4 Å². The predicted molar refractivity (Wildman–Crippen MR) is 130 cm³/mol. The first-order chi connectivity index (χ1) is 16.3. The largest absolute Gasteiger partial charge is 0.493 e. The van der Waals surface area contributed by atoms with Crippen molar-refractivity contribution in [2.75, 3.05) is 32.2 Å². The molecule has 0 aliphatic carbocycles. The number of thiazole rings is 1. The normalized spacial score (nSPS) is 14.7. The maximum Gasteiger partial charge on any atom is 0.269 e. The van der Waals surface area contributed by atoms with E-state index in [9.17, 15) is 18.5 Å². The van der Waals surface area contributed by atoms with Gasteiger partial charge in [0.05, 0.1) is 35.0 Å². The quantitative estimate of drug-likeness (QED) is 0.334. The monoisotopic (exact) mass is 503 g/mol. The number of ether oxygens (including phenoxy) is 2. The third kappa shape index (κ3) is 5.00. The van der Waals surface area contributed by atoms with Gasteiger partial charge in [-0.2, -0.15) is 0 Å². The molecule has 1 saturated heterocycles. The van der Waals surface area contributed by atoms with Crippen LogP contribution in [0.3, 0.4) is 0 Å². The topological polar surface area (TPSA) is 112 Å². The van der Waals surface area contributed by atoms with Gasteiger partial charge in [0.15, 0.2) is 26.5 Å². The van der Waals surface area contributed by atoms with Crippen LogP contribution >= 0.6 is 11.3 Å². The van der Waals surface area contributed by atoms with Crippen LogP contribution in [0.4, 0.5) is 10.8 Å². The van der Waals surface area contributed by atoms with E-state index in [1.807, 2.05) is 23.6 Å². The first-order valence-corrected chi connectivity index (χ1v) is 13.1. The number of hydrogen-bond acceptors (Lipinski definition) is 9. The van der Waals surface area contributed by atoms with Crippen LogP contribution in [-0.2, 0) is 16.3 Å². The number of methoxy groups -OCH3 is 2. The minimum atomic E-state index is -3.55. The van der Waals surface area contributed by atoms with Crippen LogP contribution in [0.15, 0.2) is 52.7 Å². The lowest BCUT2D eigenvalue weighted by Gasteiger charge is -2.31. The highest BCUT2D eigenvalue weighted by molar-refractivity contribution is 7.92. The summed E-state index contributed by atoms with van der Waals surface area (Å²) in [5.41, 5.74) is 1.87. The van der Waals surface area contributed by atoms with Crippen LogP contribution in [-0.4, -0.2) is 50.9 Å². The number of nitro groups is 1. The molecule has 34 heavy (non-hydrogen) atoms. The number of hydrogen-bond donors (Lipinski definition) is 0. The fraction of sp³-hybridized carbons (Fsp3) is 0.348. The lowest BCUT2D eigenvalue weighted by molar-refractivity contribution is -0.384. The number of anilines is 1. The van der Waals surface area contributed by atoms with E-state index < -0.39 is 20.0 Å². The van der Waals surface area contributed by atoms with Gasteiger partial charge in [-0.1, -0.05) is 6.07 Å². The van der Waals surface area contributed by atoms with Crippen molar-refractivity contribution in [2.45, 2.75) is 29.4 Å². The van der Waals surface area contributed by atoms with Crippen LogP contribution in [0.2, 0.25) is 0 Å². The van der Waals surface area contributed by atoms with Gasteiger partial charge in [-0.3, -0.25) is 10.1 Å². The molecule has 0 saturated carbocycles. The summed E-state index contributed by atoms with van der Waals surface area (Å²) in [6.45, 7) is 1.17. The van der Waals surface area contributed by atoms with Crippen molar-refractivity contribution < 1.29 is 22.8 Å². The molecule has 0 spiro atoms. The molecule has 1 aliphatic rings. The minimum absolute atomic E-state index is 0.124. The zero-order valence-corrected chi connectivity index (χ0v) is 20.5. The zero-order valence-electron chi connectivity index (χ0n) is 18.8. The highest BCUT2D eigenvalue weighted by atomic mass is 32.2. The summed E-state index contributed by atoms with van der Waals surface area (Å²) in [6, 6.07) is 10.9. The summed E-state index contributed by atoms with van der Waals surface area (Å²) in [5.74, 6) is 1.35. The first kappa shape index (κ1) is 24.0. The summed E-state index contributed by atoms with van der Waals surface area (Å²) in [5, 5.41) is 13.2. The van der Waals surface area contributed by atoms with Crippen LogP contribution < -0.4 is 14.4 Å². The molecule has 3 aromatic rings. The Morgan fingerprint density at radius 3 is 2.38 bits per heavy atom. The molecule has 11 heteroatoms. The van der Waals surface area contributed by atoms with Crippen molar-refractivity contribution >= 4 is 32.0 Å². The van der Waals surface area contributed by atoms with Crippen LogP contribution in [0, 0.1) is 10.1 Å². The summed E-state index contributed by atoms with van der Waals surface area (Å²) in [7, 11) is -0.339. The fourth-order valence-electron chi connectivity index (χ4n) is 4.03. The van der Waals surface area contributed by atoms with Crippen molar-refractivity contribution in [1.82, 2.24) is 4.98 Å². The average Bonchev–Trinajstić information content (AvgIpc) is 3.32. The molecular weight excluding hydrogens is 478 g/mol.